The van der Waals surface area contributed by atoms with E-state index in [-0.39, 0.29) is 5.91 Å². The van der Waals surface area contributed by atoms with E-state index in [0.29, 0.717) is 42.6 Å². The van der Waals surface area contributed by atoms with Gasteiger partial charge in [0.1, 0.15) is 5.82 Å². The highest BCUT2D eigenvalue weighted by Gasteiger charge is 2.21. The fraction of sp³-hybridized carbons (Fsp3) is 0.278. The second kappa shape index (κ2) is 7.53. The fourth-order valence-electron chi connectivity index (χ4n) is 2.75. The van der Waals surface area contributed by atoms with E-state index in [0.717, 1.165) is 17.7 Å². The van der Waals surface area contributed by atoms with Crippen molar-refractivity contribution in [3.05, 3.63) is 52.7 Å². The first-order chi connectivity index (χ1) is 12.1. The third kappa shape index (κ3) is 4.09. The summed E-state index contributed by atoms with van der Waals surface area (Å²) in [6.07, 6.45) is 2.44. The average Bonchev–Trinajstić information content (AvgIpc) is 2.64. The Hall–Kier alpha value is -2.60. The molecule has 1 aromatic heterocycles. The monoisotopic (exact) mass is 358 g/mol. The number of halogens is 1. The number of carbonyl (C=O) groups is 2. The molecule has 25 heavy (non-hydrogen) atoms. The Morgan fingerprint density at radius 1 is 1.20 bits per heavy atom. The second-order valence-corrected chi connectivity index (χ2v) is 6.38. The van der Waals surface area contributed by atoms with Crippen molar-refractivity contribution >= 4 is 35.4 Å². The number of aryl methyl sites for hydroxylation is 1. The number of benzene rings is 1. The first kappa shape index (κ1) is 17.2. The molecule has 0 bridgehead atoms. The molecular weight excluding hydrogens is 340 g/mol. The minimum atomic E-state index is -0.0520. The molecule has 1 fully saturated rings. The lowest BCUT2D eigenvalue weighted by Crippen LogP contribution is -2.48. The molecule has 2 aromatic rings. The highest BCUT2D eigenvalue weighted by molar-refractivity contribution is 6.30. The van der Waals surface area contributed by atoms with E-state index >= 15 is 0 Å². The van der Waals surface area contributed by atoms with Crippen LogP contribution in [0.5, 0.6) is 0 Å². The molecule has 2 heterocycles. The van der Waals surface area contributed by atoms with Gasteiger partial charge in [0.2, 0.25) is 6.41 Å². The van der Waals surface area contributed by atoms with Gasteiger partial charge in [-0.2, -0.15) is 0 Å². The number of hydrogen-bond donors (Lipinski definition) is 1. The Kier molecular flexibility index (Phi) is 5.19. The van der Waals surface area contributed by atoms with Crippen LogP contribution in [0.15, 0.2) is 36.5 Å². The van der Waals surface area contributed by atoms with E-state index in [1.807, 2.05) is 19.1 Å². The highest BCUT2D eigenvalue weighted by atomic mass is 35.5. The maximum Gasteiger partial charge on any atom is 0.254 e. The zero-order chi connectivity index (χ0) is 17.8. The number of rotatable bonds is 4. The van der Waals surface area contributed by atoms with E-state index < -0.39 is 0 Å². The Balaban J connectivity index is 1.73. The van der Waals surface area contributed by atoms with Crippen molar-refractivity contribution in [1.82, 2.24) is 14.8 Å². The lowest BCUT2D eigenvalue weighted by Gasteiger charge is -2.32. The van der Waals surface area contributed by atoms with Gasteiger partial charge in [-0.05, 0) is 42.8 Å². The summed E-state index contributed by atoms with van der Waals surface area (Å²) in [6, 6.07) is 8.99. The third-order valence-electron chi connectivity index (χ3n) is 4.21. The SMILES string of the molecule is Cc1cc(Cl)ccc1Nc1cc(C(=O)N2CCN(C=O)CC2)ccn1. The number of piperazine rings is 1. The molecule has 1 saturated heterocycles. The van der Waals surface area contributed by atoms with Crippen LogP contribution in [0.2, 0.25) is 5.02 Å². The predicted molar refractivity (Wildman–Crippen MR) is 97.2 cm³/mol. The van der Waals surface area contributed by atoms with Crippen molar-refractivity contribution in [1.29, 1.82) is 0 Å². The van der Waals surface area contributed by atoms with E-state index in [4.69, 9.17) is 11.6 Å². The van der Waals surface area contributed by atoms with E-state index in [2.05, 4.69) is 10.3 Å². The van der Waals surface area contributed by atoms with Crippen molar-refractivity contribution in [2.45, 2.75) is 6.92 Å². The zero-order valence-electron chi connectivity index (χ0n) is 13.9. The number of carbonyl (C=O) groups excluding carboxylic acids is 2. The summed E-state index contributed by atoms with van der Waals surface area (Å²) >= 11 is 5.97. The maximum absolute atomic E-state index is 12.7. The van der Waals surface area contributed by atoms with Crippen LogP contribution in [0.1, 0.15) is 15.9 Å². The number of nitrogens with one attached hydrogen (secondary N) is 1. The number of amides is 2. The molecular formula is C18H19ClN4O2. The third-order valence-corrected chi connectivity index (χ3v) is 4.44. The largest absolute Gasteiger partial charge is 0.342 e. The first-order valence-electron chi connectivity index (χ1n) is 8.04. The number of nitrogens with zero attached hydrogens (tertiary/aromatic N) is 3. The Bertz CT molecular complexity index is 788. The van der Waals surface area contributed by atoms with Gasteiger partial charge >= 0.3 is 0 Å². The fourth-order valence-corrected chi connectivity index (χ4v) is 2.98. The van der Waals surface area contributed by atoms with Crippen LogP contribution < -0.4 is 5.32 Å². The van der Waals surface area contributed by atoms with Crippen molar-refractivity contribution < 1.29 is 9.59 Å². The Morgan fingerprint density at radius 3 is 2.64 bits per heavy atom. The minimum absolute atomic E-state index is 0.0520. The highest BCUT2D eigenvalue weighted by Crippen LogP contribution is 2.23. The first-order valence-corrected chi connectivity index (χ1v) is 8.42. The van der Waals surface area contributed by atoms with Gasteiger partial charge in [0.25, 0.3) is 5.91 Å². The molecule has 0 radical (unpaired) electrons. The van der Waals surface area contributed by atoms with E-state index in [1.54, 1.807) is 34.2 Å². The summed E-state index contributed by atoms with van der Waals surface area (Å²) in [5.41, 5.74) is 2.46. The molecule has 0 aliphatic carbocycles. The molecule has 7 heteroatoms. The number of pyridine rings is 1. The Labute approximate surface area is 151 Å². The predicted octanol–water partition coefficient (Wildman–Crippen LogP) is 2.70. The summed E-state index contributed by atoms with van der Waals surface area (Å²) in [7, 11) is 0. The van der Waals surface area contributed by atoms with Crippen LogP contribution in [-0.2, 0) is 4.79 Å². The van der Waals surface area contributed by atoms with Crippen LogP contribution in [0.3, 0.4) is 0 Å². The average molecular weight is 359 g/mol. The zero-order valence-corrected chi connectivity index (χ0v) is 14.7. The van der Waals surface area contributed by atoms with Crippen molar-refractivity contribution in [2.24, 2.45) is 0 Å². The molecule has 130 valence electrons. The van der Waals surface area contributed by atoms with Gasteiger partial charge in [-0.25, -0.2) is 4.98 Å². The van der Waals surface area contributed by atoms with Crippen molar-refractivity contribution in [3.8, 4) is 0 Å². The second-order valence-electron chi connectivity index (χ2n) is 5.95. The summed E-state index contributed by atoms with van der Waals surface area (Å²) in [5.74, 6) is 0.548. The standard InChI is InChI=1S/C18H19ClN4O2/c1-13-10-15(19)2-3-16(13)21-17-11-14(4-5-20-17)18(25)23-8-6-22(12-24)7-9-23/h2-5,10-12H,6-9H2,1H3,(H,20,21). The quantitative estimate of drug-likeness (QED) is 0.853. The van der Waals surface area contributed by atoms with Gasteiger partial charge in [0.05, 0.1) is 0 Å². The lowest BCUT2D eigenvalue weighted by atomic mass is 10.2. The van der Waals surface area contributed by atoms with Gasteiger partial charge < -0.3 is 15.1 Å². The lowest BCUT2D eigenvalue weighted by molar-refractivity contribution is -0.119. The number of aromatic nitrogens is 1. The molecule has 1 aliphatic heterocycles. The number of hydrogen-bond acceptors (Lipinski definition) is 4. The van der Waals surface area contributed by atoms with Crippen LogP contribution in [0, 0.1) is 6.92 Å². The molecule has 2 amide bonds. The molecule has 0 spiro atoms. The summed E-state index contributed by atoms with van der Waals surface area (Å²) in [4.78, 5) is 31.1. The summed E-state index contributed by atoms with van der Waals surface area (Å²) < 4.78 is 0. The molecule has 0 unspecified atom stereocenters. The molecule has 0 saturated carbocycles. The van der Waals surface area contributed by atoms with Gasteiger partial charge in [-0.15, -0.1) is 0 Å². The summed E-state index contributed by atoms with van der Waals surface area (Å²) in [6.45, 7) is 4.17. The molecule has 0 atom stereocenters. The van der Waals surface area contributed by atoms with Crippen LogP contribution in [0.25, 0.3) is 0 Å². The number of anilines is 2. The van der Waals surface area contributed by atoms with Gasteiger partial charge in [0.15, 0.2) is 0 Å². The van der Waals surface area contributed by atoms with Gasteiger partial charge in [-0.3, -0.25) is 9.59 Å². The van der Waals surface area contributed by atoms with Crippen LogP contribution in [0.4, 0.5) is 11.5 Å². The molecule has 1 N–H and O–H groups in total. The van der Waals surface area contributed by atoms with E-state index in [9.17, 15) is 9.59 Å². The normalized spacial score (nSPS) is 14.3. The van der Waals surface area contributed by atoms with Crippen molar-refractivity contribution in [2.75, 3.05) is 31.5 Å². The van der Waals surface area contributed by atoms with Crippen molar-refractivity contribution in [3.63, 3.8) is 0 Å². The van der Waals surface area contributed by atoms with Crippen LogP contribution >= 0.6 is 11.6 Å². The van der Waals surface area contributed by atoms with Gasteiger partial charge in [-0.1, -0.05) is 11.6 Å². The van der Waals surface area contributed by atoms with Gasteiger partial charge in [0, 0.05) is 48.6 Å². The van der Waals surface area contributed by atoms with Crippen LogP contribution in [-0.4, -0.2) is 53.3 Å². The minimum Gasteiger partial charge on any atom is -0.342 e. The molecule has 1 aromatic carbocycles. The topological polar surface area (TPSA) is 65.5 Å². The van der Waals surface area contributed by atoms with E-state index in [1.165, 1.54) is 0 Å². The molecule has 1 aliphatic rings. The molecule has 6 nitrogen and oxygen atoms in total. The maximum atomic E-state index is 12.7. The Morgan fingerprint density at radius 2 is 1.96 bits per heavy atom. The molecule has 3 rings (SSSR count). The summed E-state index contributed by atoms with van der Waals surface area (Å²) in [5, 5.41) is 3.89. The smallest absolute Gasteiger partial charge is 0.254 e.